The average Bonchev–Trinajstić information content (AvgIpc) is 2.98. The third-order valence-corrected chi connectivity index (χ3v) is 9.36. The minimum absolute atomic E-state index is 0.367. The maximum atomic E-state index is 15.4. The SMILES string of the molecule is CCCC(O)(CCC)C(c1ccccc1)N(C(=O)C1(C(N)=O)CCCCC1)C(c1ccccc1)C(O)(CCC)CCC. The van der Waals surface area contributed by atoms with E-state index in [1.807, 2.05) is 88.4 Å². The van der Waals surface area contributed by atoms with Gasteiger partial charge in [0.1, 0.15) is 5.41 Å². The first kappa shape index (κ1) is 33.8. The molecule has 0 heterocycles. The summed E-state index contributed by atoms with van der Waals surface area (Å²) < 4.78 is 0. The van der Waals surface area contributed by atoms with E-state index in [1.54, 1.807) is 4.90 Å². The van der Waals surface area contributed by atoms with Crippen molar-refractivity contribution in [2.24, 2.45) is 11.1 Å². The van der Waals surface area contributed by atoms with Crippen LogP contribution in [-0.2, 0) is 9.59 Å². The molecule has 4 N–H and O–H groups in total. The van der Waals surface area contributed by atoms with E-state index in [4.69, 9.17) is 5.73 Å². The molecule has 2 aromatic carbocycles. The van der Waals surface area contributed by atoms with Gasteiger partial charge < -0.3 is 20.8 Å². The number of nitrogens with zero attached hydrogens (tertiary/aromatic N) is 1. The van der Waals surface area contributed by atoms with Crippen molar-refractivity contribution in [1.29, 1.82) is 0 Å². The molecular weight excluding hydrogens is 524 g/mol. The number of rotatable bonds is 16. The smallest absolute Gasteiger partial charge is 0.239 e. The molecule has 0 aliphatic heterocycles. The van der Waals surface area contributed by atoms with Gasteiger partial charge in [0.2, 0.25) is 11.8 Å². The van der Waals surface area contributed by atoms with Crippen LogP contribution in [0.3, 0.4) is 0 Å². The molecule has 6 heteroatoms. The van der Waals surface area contributed by atoms with Gasteiger partial charge in [-0.1, -0.05) is 133 Å². The van der Waals surface area contributed by atoms with E-state index in [0.717, 1.165) is 30.4 Å². The minimum Gasteiger partial charge on any atom is -0.387 e. The van der Waals surface area contributed by atoms with Crippen molar-refractivity contribution in [2.45, 2.75) is 134 Å². The fraction of sp³-hybridized carbons (Fsp3) is 0.611. The lowest BCUT2D eigenvalue weighted by Crippen LogP contribution is -2.61. The van der Waals surface area contributed by atoms with Gasteiger partial charge in [-0.3, -0.25) is 9.59 Å². The van der Waals surface area contributed by atoms with Crippen LogP contribution in [0.15, 0.2) is 60.7 Å². The first-order valence-electron chi connectivity index (χ1n) is 16.3. The molecule has 6 nitrogen and oxygen atoms in total. The molecule has 42 heavy (non-hydrogen) atoms. The van der Waals surface area contributed by atoms with Crippen LogP contribution in [0.4, 0.5) is 0 Å². The zero-order valence-corrected chi connectivity index (χ0v) is 26.4. The van der Waals surface area contributed by atoms with Gasteiger partial charge in [-0.05, 0) is 49.7 Å². The van der Waals surface area contributed by atoms with E-state index >= 15 is 4.79 Å². The molecule has 0 bridgehead atoms. The molecule has 232 valence electrons. The van der Waals surface area contributed by atoms with E-state index in [9.17, 15) is 15.0 Å². The van der Waals surface area contributed by atoms with Crippen molar-refractivity contribution in [3.63, 3.8) is 0 Å². The van der Waals surface area contributed by atoms with Crippen LogP contribution in [0, 0.1) is 5.41 Å². The summed E-state index contributed by atoms with van der Waals surface area (Å²) in [6.07, 6.45) is 7.89. The molecule has 2 atom stereocenters. The number of nitrogens with two attached hydrogens (primary N) is 1. The van der Waals surface area contributed by atoms with Crippen molar-refractivity contribution in [2.75, 3.05) is 0 Å². The largest absolute Gasteiger partial charge is 0.387 e. The highest BCUT2D eigenvalue weighted by Crippen LogP contribution is 2.51. The summed E-state index contributed by atoms with van der Waals surface area (Å²) in [6, 6.07) is 17.8. The highest BCUT2D eigenvalue weighted by atomic mass is 16.3. The summed E-state index contributed by atoms with van der Waals surface area (Å²) in [5, 5.41) is 25.4. The quantitative estimate of drug-likeness (QED) is 0.181. The number of amides is 2. The fourth-order valence-corrected chi connectivity index (χ4v) is 7.61. The van der Waals surface area contributed by atoms with Crippen LogP contribution in [0.1, 0.15) is 134 Å². The number of benzene rings is 2. The second-order valence-corrected chi connectivity index (χ2v) is 12.6. The first-order valence-corrected chi connectivity index (χ1v) is 16.3. The Morgan fingerprint density at radius 3 is 1.38 bits per heavy atom. The molecular formula is C36H54N2O4. The summed E-state index contributed by atoms with van der Waals surface area (Å²) in [4.78, 5) is 30.5. The normalized spacial score (nSPS) is 16.9. The van der Waals surface area contributed by atoms with Gasteiger partial charge in [-0.2, -0.15) is 0 Å². The Balaban J connectivity index is 2.48. The summed E-state index contributed by atoms with van der Waals surface area (Å²) in [5.74, 6) is -0.978. The lowest BCUT2D eigenvalue weighted by Gasteiger charge is -2.53. The fourth-order valence-electron chi connectivity index (χ4n) is 7.61. The Morgan fingerprint density at radius 1 is 0.714 bits per heavy atom. The molecule has 1 aliphatic carbocycles. The maximum Gasteiger partial charge on any atom is 0.239 e. The monoisotopic (exact) mass is 578 g/mol. The van der Waals surface area contributed by atoms with Gasteiger partial charge in [0.05, 0.1) is 23.3 Å². The number of hydrogen-bond acceptors (Lipinski definition) is 4. The molecule has 3 rings (SSSR count). The van der Waals surface area contributed by atoms with Crippen molar-refractivity contribution >= 4 is 11.8 Å². The molecule has 1 aliphatic rings. The van der Waals surface area contributed by atoms with Crippen LogP contribution in [0.2, 0.25) is 0 Å². The second-order valence-electron chi connectivity index (χ2n) is 12.6. The van der Waals surface area contributed by atoms with Gasteiger partial charge in [-0.25, -0.2) is 0 Å². The summed E-state index contributed by atoms with van der Waals surface area (Å²) in [5.41, 5.74) is 3.77. The molecule has 1 fully saturated rings. The Hall–Kier alpha value is -2.70. The van der Waals surface area contributed by atoms with E-state index in [-0.39, 0.29) is 5.91 Å². The van der Waals surface area contributed by atoms with Gasteiger partial charge in [-0.15, -0.1) is 0 Å². The third kappa shape index (κ3) is 7.08. The standard InChI is InChI=1S/C36H54N2O4/c1-5-22-35(41,23-6-2)30(28-18-12-9-13-19-28)38(33(40)34(32(37)39)26-16-11-17-27-34)31(29-20-14-10-15-21-29)36(42,24-7-3)25-8-4/h9-10,12-15,18-21,30-31,41-42H,5-8,11,16-17,22-27H2,1-4H3,(H2,37,39). The van der Waals surface area contributed by atoms with Crippen LogP contribution in [0.5, 0.6) is 0 Å². The van der Waals surface area contributed by atoms with Crippen LogP contribution >= 0.6 is 0 Å². The van der Waals surface area contributed by atoms with Crippen LogP contribution in [0.25, 0.3) is 0 Å². The Morgan fingerprint density at radius 2 is 1.07 bits per heavy atom. The molecule has 0 radical (unpaired) electrons. The molecule has 0 saturated heterocycles. The van der Waals surface area contributed by atoms with Gasteiger partial charge in [0.25, 0.3) is 0 Å². The number of aliphatic hydroxyl groups is 2. The average molecular weight is 579 g/mol. The Bertz CT molecular complexity index is 1040. The molecule has 0 aromatic heterocycles. The number of carbonyl (C=O) groups excluding carboxylic acids is 2. The first-order chi connectivity index (χ1) is 20.1. The molecule has 2 unspecified atom stereocenters. The van der Waals surface area contributed by atoms with E-state index in [0.29, 0.717) is 64.2 Å². The summed E-state index contributed by atoms with van der Waals surface area (Å²) >= 11 is 0. The van der Waals surface area contributed by atoms with E-state index in [2.05, 4.69) is 0 Å². The Kier molecular flexibility index (Phi) is 12.2. The predicted molar refractivity (Wildman–Crippen MR) is 169 cm³/mol. The van der Waals surface area contributed by atoms with Gasteiger partial charge in [0, 0.05) is 0 Å². The van der Waals surface area contributed by atoms with E-state index in [1.165, 1.54) is 0 Å². The van der Waals surface area contributed by atoms with Gasteiger partial charge in [0.15, 0.2) is 0 Å². The third-order valence-electron chi connectivity index (χ3n) is 9.36. The minimum atomic E-state index is -1.39. The summed E-state index contributed by atoms with van der Waals surface area (Å²) in [6.45, 7) is 8.17. The lowest BCUT2D eigenvalue weighted by atomic mass is 9.69. The number of carbonyl (C=O) groups is 2. The Labute approximate surface area is 253 Å². The van der Waals surface area contributed by atoms with Crippen LogP contribution in [-0.4, -0.2) is 38.1 Å². The van der Waals surface area contributed by atoms with Crippen molar-refractivity contribution < 1.29 is 19.8 Å². The second kappa shape index (κ2) is 15.2. The van der Waals surface area contributed by atoms with Crippen molar-refractivity contribution in [3.05, 3.63) is 71.8 Å². The number of hydrogen-bond donors (Lipinski definition) is 3. The topological polar surface area (TPSA) is 104 Å². The van der Waals surface area contributed by atoms with Gasteiger partial charge >= 0.3 is 0 Å². The number of primary amides is 1. The molecule has 0 spiro atoms. The zero-order chi connectivity index (χ0) is 30.8. The van der Waals surface area contributed by atoms with E-state index < -0.39 is 34.6 Å². The molecule has 2 aromatic rings. The summed E-state index contributed by atoms with van der Waals surface area (Å²) in [7, 11) is 0. The highest BCUT2D eigenvalue weighted by Gasteiger charge is 2.56. The molecule has 1 saturated carbocycles. The van der Waals surface area contributed by atoms with Crippen molar-refractivity contribution in [3.8, 4) is 0 Å². The van der Waals surface area contributed by atoms with Crippen LogP contribution < -0.4 is 5.73 Å². The van der Waals surface area contributed by atoms with Crippen molar-refractivity contribution in [1.82, 2.24) is 4.90 Å². The maximum absolute atomic E-state index is 15.4. The zero-order valence-electron chi connectivity index (χ0n) is 26.4. The highest BCUT2D eigenvalue weighted by molar-refractivity contribution is 6.05. The predicted octanol–water partition coefficient (Wildman–Crippen LogP) is 7.40. The lowest BCUT2D eigenvalue weighted by molar-refractivity contribution is -0.177. The molecule has 2 amide bonds.